The molecule has 0 amide bonds. The van der Waals surface area contributed by atoms with Gasteiger partial charge in [0.25, 0.3) is 0 Å². The Morgan fingerprint density at radius 1 is 1.04 bits per heavy atom. The van der Waals surface area contributed by atoms with E-state index >= 15 is 0 Å². The van der Waals surface area contributed by atoms with Crippen LogP contribution >= 0.6 is 23.4 Å². The van der Waals surface area contributed by atoms with E-state index in [2.05, 4.69) is 33.8 Å². The second-order valence-corrected chi connectivity index (χ2v) is 7.00. The van der Waals surface area contributed by atoms with E-state index in [0.29, 0.717) is 0 Å². The van der Waals surface area contributed by atoms with Crippen LogP contribution in [0.15, 0.2) is 53.7 Å². The summed E-state index contributed by atoms with van der Waals surface area (Å²) in [4.78, 5) is 0. The minimum Gasteiger partial charge on any atom is -0.497 e. The Hall–Kier alpha value is -1.98. The zero-order valence-electron chi connectivity index (χ0n) is 14.3. The molecule has 0 aliphatic rings. The lowest BCUT2D eigenvalue weighted by Crippen LogP contribution is -2.00. The summed E-state index contributed by atoms with van der Waals surface area (Å²) in [5.41, 5.74) is 2.31. The van der Waals surface area contributed by atoms with Gasteiger partial charge in [0.2, 0.25) is 0 Å². The van der Waals surface area contributed by atoms with Crippen molar-refractivity contribution in [3.8, 4) is 17.1 Å². The smallest absolute Gasteiger partial charge is 0.191 e. The Morgan fingerprint density at radius 2 is 1.76 bits per heavy atom. The van der Waals surface area contributed by atoms with Crippen molar-refractivity contribution in [2.75, 3.05) is 12.9 Å². The summed E-state index contributed by atoms with van der Waals surface area (Å²) >= 11 is 7.70. The van der Waals surface area contributed by atoms with E-state index in [1.54, 1.807) is 18.9 Å². The Morgan fingerprint density at radius 3 is 2.40 bits per heavy atom. The summed E-state index contributed by atoms with van der Waals surface area (Å²) in [5, 5.41) is 10.4. The summed E-state index contributed by atoms with van der Waals surface area (Å²) in [7, 11) is 1.68. The molecule has 0 fully saturated rings. The molecule has 25 heavy (non-hydrogen) atoms. The third-order valence-electron chi connectivity index (χ3n) is 3.92. The van der Waals surface area contributed by atoms with Gasteiger partial charge in [-0.2, -0.15) is 0 Å². The topological polar surface area (TPSA) is 39.9 Å². The van der Waals surface area contributed by atoms with E-state index in [4.69, 9.17) is 16.3 Å². The molecule has 0 radical (unpaired) electrons. The predicted molar refractivity (Wildman–Crippen MR) is 104 cm³/mol. The van der Waals surface area contributed by atoms with Crippen LogP contribution in [0.5, 0.6) is 5.75 Å². The van der Waals surface area contributed by atoms with Crippen LogP contribution in [0.4, 0.5) is 0 Å². The largest absolute Gasteiger partial charge is 0.497 e. The van der Waals surface area contributed by atoms with Gasteiger partial charge in [-0.1, -0.05) is 35.5 Å². The molecule has 0 bridgehead atoms. The van der Waals surface area contributed by atoms with Crippen molar-refractivity contribution in [2.24, 2.45) is 0 Å². The van der Waals surface area contributed by atoms with Gasteiger partial charge in [-0.25, -0.2) is 0 Å². The molecule has 0 unspecified atom stereocenters. The molecule has 0 spiro atoms. The fourth-order valence-corrected chi connectivity index (χ4v) is 3.66. The van der Waals surface area contributed by atoms with Gasteiger partial charge in [-0.05, 0) is 55.3 Å². The molecule has 4 nitrogen and oxygen atoms in total. The van der Waals surface area contributed by atoms with Gasteiger partial charge >= 0.3 is 0 Å². The van der Waals surface area contributed by atoms with Crippen LogP contribution in [0, 0.1) is 0 Å². The first-order valence-corrected chi connectivity index (χ1v) is 9.52. The maximum Gasteiger partial charge on any atom is 0.191 e. The Balaban J connectivity index is 1.67. The molecule has 1 aromatic heterocycles. The first-order valence-electron chi connectivity index (χ1n) is 8.16. The van der Waals surface area contributed by atoms with Crippen molar-refractivity contribution in [1.29, 1.82) is 0 Å². The number of ether oxygens (including phenoxy) is 1. The summed E-state index contributed by atoms with van der Waals surface area (Å²) < 4.78 is 7.33. The van der Waals surface area contributed by atoms with E-state index in [9.17, 15) is 0 Å². The van der Waals surface area contributed by atoms with Crippen molar-refractivity contribution in [3.63, 3.8) is 0 Å². The van der Waals surface area contributed by atoms with Gasteiger partial charge in [0.15, 0.2) is 11.0 Å². The number of hydrogen-bond acceptors (Lipinski definition) is 4. The maximum absolute atomic E-state index is 5.97. The van der Waals surface area contributed by atoms with E-state index in [1.165, 1.54) is 5.56 Å². The van der Waals surface area contributed by atoms with Gasteiger partial charge in [-0.15, -0.1) is 10.2 Å². The average Bonchev–Trinajstić information content (AvgIpc) is 3.06. The SMILES string of the molecule is CCn1c(SCCc2ccc(OC)cc2)nnc1-c1ccc(Cl)cc1. The number of halogens is 1. The average molecular weight is 374 g/mol. The molecule has 3 rings (SSSR count). The highest BCUT2D eigenvalue weighted by molar-refractivity contribution is 7.99. The fourth-order valence-electron chi connectivity index (χ4n) is 2.55. The molecule has 1 heterocycles. The zero-order chi connectivity index (χ0) is 17.6. The number of benzene rings is 2. The second kappa shape index (κ2) is 8.41. The molecule has 3 aromatic rings. The van der Waals surface area contributed by atoms with Crippen LogP contribution in [0.3, 0.4) is 0 Å². The maximum atomic E-state index is 5.97. The van der Waals surface area contributed by atoms with Crippen molar-refractivity contribution in [2.45, 2.75) is 25.0 Å². The quantitative estimate of drug-likeness (QED) is 0.548. The molecule has 130 valence electrons. The molecule has 0 atom stereocenters. The third-order valence-corrected chi connectivity index (χ3v) is 5.14. The van der Waals surface area contributed by atoms with Crippen molar-refractivity contribution < 1.29 is 4.74 Å². The summed E-state index contributed by atoms with van der Waals surface area (Å²) in [6.45, 7) is 2.94. The van der Waals surface area contributed by atoms with Gasteiger partial charge in [0, 0.05) is 22.9 Å². The summed E-state index contributed by atoms with van der Waals surface area (Å²) in [5.74, 6) is 2.71. The highest BCUT2D eigenvalue weighted by Crippen LogP contribution is 2.25. The van der Waals surface area contributed by atoms with Gasteiger partial charge in [0.05, 0.1) is 7.11 Å². The van der Waals surface area contributed by atoms with Crippen LogP contribution in [-0.4, -0.2) is 27.6 Å². The second-order valence-electron chi connectivity index (χ2n) is 5.50. The predicted octanol–water partition coefficient (Wildman–Crippen LogP) is 4.96. The van der Waals surface area contributed by atoms with Crippen molar-refractivity contribution in [1.82, 2.24) is 14.8 Å². The van der Waals surface area contributed by atoms with Crippen LogP contribution < -0.4 is 4.74 Å². The van der Waals surface area contributed by atoms with E-state index < -0.39 is 0 Å². The lowest BCUT2D eigenvalue weighted by atomic mass is 10.2. The highest BCUT2D eigenvalue weighted by atomic mass is 35.5. The zero-order valence-corrected chi connectivity index (χ0v) is 15.8. The number of methoxy groups -OCH3 is 1. The highest BCUT2D eigenvalue weighted by Gasteiger charge is 2.13. The fraction of sp³-hybridized carbons (Fsp3) is 0.263. The van der Waals surface area contributed by atoms with E-state index in [0.717, 1.165) is 46.0 Å². The van der Waals surface area contributed by atoms with Crippen molar-refractivity contribution in [3.05, 3.63) is 59.1 Å². The lowest BCUT2D eigenvalue weighted by molar-refractivity contribution is 0.414. The van der Waals surface area contributed by atoms with Crippen LogP contribution in [0.1, 0.15) is 12.5 Å². The number of rotatable bonds is 7. The van der Waals surface area contributed by atoms with Gasteiger partial charge < -0.3 is 9.30 Å². The standard InChI is InChI=1S/C19H20ClN3OS/c1-3-23-18(15-6-8-16(20)9-7-15)21-22-19(23)25-13-12-14-4-10-17(24-2)11-5-14/h4-11H,3,12-13H2,1-2H3. The molecule has 2 aromatic carbocycles. The summed E-state index contributed by atoms with van der Waals surface area (Å²) in [6.07, 6.45) is 0.974. The van der Waals surface area contributed by atoms with Gasteiger partial charge in [0.1, 0.15) is 5.75 Å². The Bertz CT molecular complexity index is 816. The monoisotopic (exact) mass is 373 g/mol. The molecule has 0 N–H and O–H groups in total. The van der Waals surface area contributed by atoms with Crippen molar-refractivity contribution >= 4 is 23.4 Å². The van der Waals surface area contributed by atoms with Gasteiger partial charge in [-0.3, -0.25) is 0 Å². The first-order chi connectivity index (χ1) is 12.2. The number of aryl methyl sites for hydroxylation is 1. The molecule has 6 heteroatoms. The first kappa shape index (κ1) is 17.8. The van der Waals surface area contributed by atoms with Crippen LogP contribution in [-0.2, 0) is 13.0 Å². The molecule has 0 saturated heterocycles. The Kier molecular flexibility index (Phi) is 6.00. The minimum absolute atomic E-state index is 0.723. The molecule has 0 aliphatic carbocycles. The molecular weight excluding hydrogens is 354 g/mol. The number of aromatic nitrogens is 3. The number of hydrogen-bond donors (Lipinski definition) is 0. The third kappa shape index (κ3) is 4.35. The van der Waals surface area contributed by atoms with E-state index in [-0.39, 0.29) is 0 Å². The molecule has 0 aliphatic heterocycles. The number of thioether (sulfide) groups is 1. The number of nitrogens with zero attached hydrogens (tertiary/aromatic N) is 3. The summed E-state index contributed by atoms with van der Waals surface area (Å²) in [6, 6.07) is 15.9. The van der Waals surface area contributed by atoms with E-state index in [1.807, 2.05) is 36.4 Å². The lowest BCUT2D eigenvalue weighted by Gasteiger charge is -2.08. The van der Waals surface area contributed by atoms with Crippen LogP contribution in [0.25, 0.3) is 11.4 Å². The normalized spacial score (nSPS) is 10.8. The Labute approximate surface area is 157 Å². The molecule has 0 saturated carbocycles. The van der Waals surface area contributed by atoms with Crippen LogP contribution in [0.2, 0.25) is 5.02 Å². The minimum atomic E-state index is 0.723. The molecular formula is C19H20ClN3OS.